The summed E-state index contributed by atoms with van der Waals surface area (Å²) in [5, 5.41) is -0.0659. The summed E-state index contributed by atoms with van der Waals surface area (Å²) in [6.07, 6.45) is 4.40. The Bertz CT molecular complexity index is 1070. The number of rotatable bonds is 3. The monoisotopic (exact) mass is 500 g/mol. The van der Waals surface area contributed by atoms with Crippen molar-refractivity contribution in [1.82, 2.24) is 9.88 Å². The Morgan fingerprint density at radius 1 is 1.23 bits per heavy atom. The first kappa shape index (κ1) is 20.7. The van der Waals surface area contributed by atoms with Gasteiger partial charge in [0.15, 0.2) is 11.5 Å². The number of benzene rings is 1. The minimum atomic E-state index is -0.498. The van der Waals surface area contributed by atoms with E-state index in [1.165, 1.54) is 0 Å². The SMILES string of the molecule is CC1CC2OC3=C(C(=O)C2CC1Cl)C(c1cccc(Br)c1)N(Cc1cccnc1)C3=O. The number of Topliss-reactive ketones (excluding diaryl/α,β-unsaturated/α-hetero) is 1. The molecule has 2 aliphatic heterocycles. The van der Waals surface area contributed by atoms with Gasteiger partial charge >= 0.3 is 0 Å². The fourth-order valence-electron chi connectivity index (χ4n) is 4.94. The van der Waals surface area contributed by atoms with Gasteiger partial charge in [-0.2, -0.15) is 0 Å². The first-order chi connectivity index (χ1) is 14.9. The number of nitrogens with zero attached hydrogens (tertiary/aromatic N) is 2. The van der Waals surface area contributed by atoms with Gasteiger partial charge < -0.3 is 9.64 Å². The lowest BCUT2D eigenvalue weighted by Crippen LogP contribution is -2.44. The molecule has 1 amide bonds. The van der Waals surface area contributed by atoms with Crippen molar-refractivity contribution in [2.45, 2.75) is 43.8 Å². The first-order valence-corrected chi connectivity index (χ1v) is 11.7. The summed E-state index contributed by atoms with van der Waals surface area (Å²) in [6, 6.07) is 11.0. The van der Waals surface area contributed by atoms with E-state index >= 15 is 0 Å². The third-order valence-electron chi connectivity index (χ3n) is 6.55. The second-order valence-corrected chi connectivity index (χ2v) is 10.1. The number of carbonyl (C=O) groups is 2. The van der Waals surface area contributed by atoms with E-state index in [0.717, 1.165) is 15.6 Å². The Kier molecular flexibility index (Phi) is 5.39. The van der Waals surface area contributed by atoms with Crippen LogP contribution in [0.4, 0.5) is 0 Å². The summed E-state index contributed by atoms with van der Waals surface area (Å²) in [7, 11) is 0. The molecule has 3 aliphatic rings. The van der Waals surface area contributed by atoms with Crippen LogP contribution >= 0.6 is 27.5 Å². The van der Waals surface area contributed by atoms with Gasteiger partial charge in [0.05, 0.1) is 17.5 Å². The van der Waals surface area contributed by atoms with E-state index < -0.39 is 6.04 Å². The van der Waals surface area contributed by atoms with Gasteiger partial charge in [-0.1, -0.05) is 41.1 Å². The van der Waals surface area contributed by atoms with Crippen molar-refractivity contribution in [3.05, 3.63) is 75.7 Å². The predicted molar refractivity (Wildman–Crippen MR) is 120 cm³/mol. The van der Waals surface area contributed by atoms with Crippen LogP contribution in [0.5, 0.6) is 0 Å². The molecule has 5 nitrogen and oxygen atoms in total. The second kappa shape index (κ2) is 8.06. The molecule has 5 unspecified atom stereocenters. The fraction of sp³-hybridized carbons (Fsp3) is 0.375. The highest BCUT2D eigenvalue weighted by molar-refractivity contribution is 9.10. The topological polar surface area (TPSA) is 59.5 Å². The van der Waals surface area contributed by atoms with E-state index in [4.69, 9.17) is 16.3 Å². The molecule has 5 rings (SSSR count). The van der Waals surface area contributed by atoms with Crippen molar-refractivity contribution in [2.24, 2.45) is 11.8 Å². The number of hydrogen-bond acceptors (Lipinski definition) is 4. The summed E-state index contributed by atoms with van der Waals surface area (Å²) in [5.74, 6) is -0.104. The molecule has 1 saturated carbocycles. The van der Waals surface area contributed by atoms with Crippen LogP contribution in [0, 0.1) is 11.8 Å². The molecule has 0 saturated heterocycles. The summed E-state index contributed by atoms with van der Waals surface area (Å²) in [5.41, 5.74) is 2.24. The van der Waals surface area contributed by atoms with Gasteiger partial charge in [0, 0.05) is 28.8 Å². The van der Waals surface area contributed by atoms with E-state index in [-0.39, 0.29) is 40.8 Å². The molecule has 1 aromatic heterocycles. The Labute approximate surface area is 194 Å². The minimum absolute atomic E-state index is 0.00388. The molecular formula is C24H22BrClN2O3. The van der Waals surface area contributed by atoms with E-state index in [0.29, 0.717) is 25.0 Å². The quantitative estimate of drug-likeness (QED) is 0.567. The summed E-state index contributed by atoms with van der Waals surface area (Å²) in [4.78, 5) is 33.1. The lowest BCUT2D eigenvalue weighted by molar-refractivity contribution is -0.136. The molecule has 31 heavy (non-hydrogen) atoms. The number of ketones is 1. The zero-order valence-corrected chi connectivity index (χ0v) is 19.3. The Balaban J connectivity index is 1.58. The molecule has 1 fully saturated rings. The van der Waals surface area contributed by atoms with Crippen LogP contribution in [0.3, 0.4) is 0 Å². The van der Waals surface area contributed by atoms with Crippen molar-refractivity contribution < 1.29 is 14.3 Å². The van der Waals surface area contributed by atoms with Crippen LogP contribution in [0.15, 0.2) is 64.6 Å². The molecule has 160 valence electrons. The van der Waals surface area contributed by atoms with Crippen LogP contribution in [-0.2, 0) is 20.9 Å². The van der Waals surface area contributed by atoms with Crippen molar-refractivity contribution in [2.75, 3.05) is 0 Å². The molecule has 0 spiro atoms. The van der Waals surface area contributed by atoms with Crippen molar-refractivity contribution >= 4 is 39.2 Å². The van der Waals surface area contributed by atoms with E-state index in [2.05, 4.69) is 27.8 Å². The lowest BCUT2D eigenvalue weighted by atomic mass is 9.74. The van der Waals surface area contributed by atoms with Gasteiger partial charge in [0.1, 0.15) is 6.10 Å². The number of pyridine rings is 1. The zero-order chi connectivity index (χ0) is 21.7. The molecular weight excluding hydrogens is 480 g/mol. The number of alkyl halides is 1. The number of aromatic nitrogens is 1. The predicted octanol–water partition coefficient (Wildman–Crippen LogP) is 4.80. The number of ether oxygens (including phenoxy) is 1. The fourth-order valence-corrected chi connectivity index (χ4v) is 5.65. The largest absolute Gasteiger partial charge is 0.483 e. The first-order valence-electron chi connectivity index (χ1n) is 10.5. The van der Waals surface area contributed by atoms with Gasteiger partial charge in [-0.3, -0.25) is 14.6 Å². The molecule has 2 aromatic rings. The third-order valence-corrected chi connectivity index (χ3v) is 7.65. The number of halogens is 2. The van der Waals surface area contributed by atoms with Crippen LogP contribution in [0.1, 0.15) is 36.9 Å². The molecule has 1 aliphatic carbocycles. The average molecular weight is 502 g/mol. The third kappa shape index (κ3) is 3.60. The van der Waals surface area contributed by atoms with E-state index in [9.17, 15) is 9.59 Å². The number of fused-ring (bicyclic) bond motifs is 1. The normalized spacial score (nSPS) is 30.2. The molecule has 0 N–H and O–H groups in total. The smallest absolute Gasteiger partial charge is 0.290 e. The van der Waals surface area contributed by atoms with Gasteiger partial charge in [-0.25, -0.2) is 0 Å². The maximum absolute atomic E-state index is 13.7. The average Bonchev–Trinajstić information content (AvgIpc) is 3.03. The van der Waals surface area contributed by atoms with Crippen LogP contribution in [-0.4, -0.2) is 33.1 Å². The zero-order valence-electron chi connectivity index (χ0n) is 17.0. The molecule has 1 aromatic carbocycles. The standard InChI is InChI=1S/C24H22BrClN2O3/c1-13-8-19-17(10-18(13)26)22(29)20-21(15-5-2-6-16(25)9-15)28(24(30)23(20)31-19)12-14-4-3-7-27-11-14/h2-7,9,11,13,17-19,21H,8,10,12H2,1H3. The van der Waals surface area contributed by atoms with Crippen LogP contribution < -0.4 is 0 Å². The molecule has 0 radical (unpaired) electrons. The van der Waals surface area contributed by atoms with Gasteiger partial charge in [-0.05, 0) is 48.1 Å². The highest BCUT2D eigenvalue weighted by Crippen LogP contribution is 2.48. The van der Waals surface area contributed by atoms with Crippen LogP contribution in [0.2, 0.25) is 0 Å². The van der Waals surface area contributed by atoms with Gasteiger partial charge in [-0.15, -0.1) is 11.6 Å². The summed E-state index contributed by atoms with van der Waals surface area (Å²) in [6.45, 7) is 2.42. The number of amides is 1. The second-order valence-electron chi connectivity index (χ2n) is 8.59. The van der Waals surface area contributed by atoms with Gasteiger partial charge in [0.2, 0.25) is 0 Å². The Hall–Kier alpha value is -2.18. The molecule has 5 atom stereocenters. The minimum Gasteiger partial charge on any atom is -0.483 e. The highest BCUT2D eigenvalue weighted by Gasteiger charge is 2.53. The molecule has 3 heterocycles. The van der Waals surface area contributed by atoms with Gasteiger partial charge in [0.25, 0.3) is 5.91 Å². The highest BCUT2D eigenvalue weighted by atomic mass is 79.9. The van der Waals surface area contributed by atoms with Crippen molar-refractivity contribution in [3.8, 4) is 0 Å². The number of hydrogen-bond donors (Lipinski definition) is 0. The number of carbonyl (C=O) groups excluding carboxylic acids is 2. The molecule has 7 heteroatoms. The van der Waals surface area contributed by atoms with Crippen LogP contribution in [0.25, 0.3) is 0 Å². The summed E-state index contributed by atoms with van der Waals surface area (Å²) < 4.78 is 7.14. The maximum Gasteiger partial charge on any atom is 0.290 e. The Morgan fingerprint density at radius 2 is 2.06 bits per heavy atom. The van der Waals surface area contributed by atoms with E-state index in [1.807, 2.05) is 36.4 Å². The Morgan fingerprint density at radius 3 is 2.81 bits per heavy atom. The molecule has 0 bridgehead atoms. The van der Waals surface area contributed by atoms with Crippen molar-refractivity contribution in [3.63, 3.8) is 0 Å². The van der Waals surface area contributed by atoms with Crippen molar-refractivity contribution in [1.29, 1.82) is 0 Å². The van der Waals surface area contributed by atoms with E-state index in [1.54, 1.807) is 17.3 Å². The summed E-state index contributed by atoms with van der Waals surface area (Å²) >= 11 is 10.0. The maximum atomic E-state index is 13.7. The lowest BCUT2D eigenvalue weighted by Gasteiger charge is -2.40.